The molecule has 1 atom stereocenters. The fourth-order valence-electron chi connectivity index (χ4n) is 3.70. The smallest absolute Gasteiger partial charge is 0.325 e. The number of amides is 1. The molecule has 0 aromatic carbocycles. The molecule has 1 amide bonds. The van der Waals surface area contributed by atoms with E-state index in [0.29, 0.717) is 30.1 Å². The van der Waals surface area contributed by atoms with E-state index in [1.165, 1.54) is 19.3 Å². The Labute approximate surface area is 134 Å². The lowest BCUT2D eigenvalue weighted by molar-refractivity contribution is -0.134. The average Bonchev–Trinajstić information content (AvgIpc) is 2.53. The van der Waals surface area contributed by atoms with Gasteiger partial charge < -0.3 is 9.88 Å². The molecule has 0 bridgehead atoms. The number of carbonyl (C=O) groups excluding carboxylic acids is 1. The van der Waals surface area contributed by atoms with E-state index in [0.717, 1.165) is 26.2 Å². The summed E-state index contributed by atoms with van der Waals surface area (Å²) in [7, 11) is 0. The average molecular weight is 320 g/mol. The molecule has 0 aliphatic carbocycles. The normalized spacial score (nSPS) is 22.0. The number of rotatable bonds is 3. The molecular formula is C16H24N4O3. The predicted molar refractivity (Wildman–Crippen MR) is 86.5 cm³/mol. The van der Waals surface area contributed by atoms with Gasteiger partial charge in [-0.15, -0.1) is 0 Å². The number of nitrogens with one attached hydrogen (secondary N) is 2. The highest BCUT2D eigenvalue weighted by atomic mass is 16.2. The van der Waals surface area contributed by atoms with Gasteiger partial charge in [-0.05, 0) is 32.7 Å². The number of piperidine rings is 1. The molecule has 0 radical (unpaired) electrons. The zero-order chi connectivity index (χ0) is 16.4. The third-order valence-corrected chi connectivity index (χ3v) is 5.03. The van der Waals surface area contributed by atoms with Crippen LogP contribution in [0.3, 0.4) is 0 Å². The summed E-state index contributed by atoms with van der Waals surface area (Å²) in [6.45, 7) is 5.38. The Kier molecular flexibility index (Phi) is 4.66. The van der Waals surface area contributed by atoms with Crippen molar-refractivity contribution in [2.45, 2.75) is 45.1 Å². The van der Waals surface area contributed by atoms with Crippen molar-refractivity contribution in [2.75, 3.05) is 26.2 Å². The summed E-state index contributed by atoms with van der Waals surface area (Å²) in [5.74, 6) is 0.0974. The van der Waals surface area contributed by atoms with Crippen LogP contribution in [-0.4, -0.2) is 57.9 Å². The number of nitrogens with zero attached hydrogens (tertiary/aromatic N) is 2. The number of aryl methyl sites for hydroxylation is 1. The fraction of sp³-hybridized carbons (Fsp3) is 0.688. The molecule has 3 heterocycles. The summed E-state index contributed by atoms with van der Waals surface area (Å²) in [5.41, 5.74) is 0.144. The minimum absolute atomic E-state index is 0.0974. The summed E-state index contributed by atoms with van der Waals surface area (Å²) < 4.78 is 0. The van der Waals surface area contributed by atoms with E-state index in [-0.39, 0.29) is 5.91 Å². The lowest BCUT2D eigenvalue weighted by Gasteiger charge is -2.44. The Bertz CT molecular complexity index is 693. The van der Waals surface area contributed by atoms with Crippen LogP contribution in [0.25, 0.3) is 0 Å². The molecule has 0 spiro atoms. The fourth-order valence-corrected chi connectivity index (χ4v) is 3.70. The molecule has 0 saturated carbocycles. The van der Waals surface area contributed by atoms with Gasteiger partial charge in [-0.25, -0.2) is 4.79 Å². The number of H-pyrrole nitrogens is 2. The van der Waals surface area contributed by atoms with Gasteiger partial charge in [0.25, 0.3) is 5.56 Å². The molecular weight excluding hydrogens is 296 g/mol. The zero-order valence-corrected chi connectivity index (χ0v) is 13.6. The monoisotopic (exact) mass is 320 g/mol. The highest BCUT2D eigenvalue weighted by Gasteiger charge is 2.30. The van der Waals surface area contributed by atoms with Gasteiger partial charge in [0.1, 0.15) is 0 Å². The topological polar surface area (TPSA) is 89.3 Å². The molecule has 23 heavy (non-hydrogen) atoms. The molecule has 7 nitrogen and oxygen atoms in total. The number of carbonyl (C=O) groups is 1. The van der Waals surface area contributed by atoms with E-state index in [9.17, 15) is 14.4 Å². The van der Waals surface area contributed by atoms with Crippen LogP contribution in [0.2, 0.25) is 0 Å². The molecule has 126 valence electrons. The Morgan fingerprint density at radius 1 is 1.17 bits per heavy atom. The van der Waals surface area contributed by atoms with Crippen LogP contribution in [0, 0.1) is 6.92 Å². The first-order valence-electron chi connectivity index (χ1n) is 8.38. The summed E-state index contributed by atoms with van der Waals surface area (Å²) in [6.07, 6.45) is 4.35. The number of hydrogen-bond acceptors (Lipinski definition) is 4. The molecule has 1 aromatic rings. The highest BCUT2D eigenvalue weighted by molar-refractivity contribution is 5.76. The second kappa shape index (κ2) is 6.70. The SMILES string of the molecule is Cc1[nH]c(=O)[nH]c(=O)c1CCC(=O)N1CCN2CCCC[C@H]2C1. The van der Waals surface area contributed by atoms with Crippen LogP contribution >= 0.6 is 0 Å². The second-order valence-electron chi connectivity index (χ2n) is 6.54. The van der Waals surface area contributed by atoms with E-state index in [1.54, 1.807) is 6.92 Å². The van der Waals surface area contributed by atoms with Gasteiger partial charge in [-0.3, -0.25) is 19.5 Å². The van der Waals surface area contributed by atoms with Gasteiger partial charge in [0, 0.05) is 43.4 Å². The Morgan fingerprint density at radius 2 is 2.00 bits per heavy atom. The van der Waals surface area contributed by atoms with Gasteiger partial charge >= 0.3 is 5.69 Å². The quantitative estimate of drug-likeness (QED) is 0.820. The van der Waals surface area contributed by atoms with Crippen molar-refractivity contribution in [1.82, 2.24) is 19.8 Å². The van der Waals surface area contributed by atoms with E-state index in [2.05, 4.69) is 14.9 Å². The van der Waals surface area contributed by atoms with Crippen molar-refractivity contribution in [3.05, 3.63) is 32.1 Å². The maximum absolute atomic E-state index is 12.5. The summed E-state index contributed by atoms with van der Waals surface area (Å²) in [6, 6.07) is 0.500. The van der Waals surface area contributed by atoms with E-state index >= 15 is 0 Å². The van der Waals surface area contributed by atoms with Crippen LogP contribution in [0.4, 0.5) is 0 Å². The number of aromatic amines is 2. The molecule has 2 aliphatic heterocycles. The maximum Gasteiger partial charge on any atom is 0.325 e. The molecule has 1 aromatic heterocycles. The van der Waals surface area contributed by atoms with Crippen molar-refractivity contribution in [2.24, 2.45) is 0 Å². The second-order valence-corrected chi connectivity index (χ2v) is 6.54. The first kappa shape index (κ1) is 16.0. The Hall–Kier alpha value is -1.89. The van der Waals surface area contributed by atoms with Crippen LogP contribution in [-0.2, 0) is 11.2 Å². The van der Waals surface area contributed by atoms with Crippen LogP contribution in [0.15, 0.2) is 9.59 Å². The van der Waals surface area contributed by atoms with Gasteiger partial charge in [0.05, 0.1) is 0 Å². The Balaban J connectivity index is 1.60. The first-order valence-corrected chi connectivity index (χ1v) is 8.38. The molecule has 7 heteroatoms. The first-order chi connectivity index (χ1) is 11.0. The van der Waals surface area contributed by atoms with Crippen LogP contribution < -0.4 is 11.2 Å². The van der Waals surface area contributed by atoms with E-state index in [1.807, 2.05) is 4.90 Å². The maximum atomic E-state index is 12.5. The number of fused-ring (bicyclic) bond motifs is 1. The van der Waals surface area contributed by atoms with Crippen molar-refractivity contribution in [3.63, 3.8) is 0 Å². The van der Waals surface area contributed by atoms with Gasteiger partial charge in [-0.2, -0.15) is 0 Å². The van der Waals surface area contributed by atoms with E-state index in [4.69, 9.17) is 0 Å². The summed E-state index contributed by atoms with van der Waals surface area (Å²) in [5, 5.41) is 0. The number of hydrogen-bond donors (Lipinski definition) is 2. The van der Waals surface area contributed by atoms with Gasteiger partial charge in [-0.1, -0.05) is 6.42 Å². The van der Waals surface area contributed by atoms with Crippen molar-refractivity contribution in [3.8, 4) is 0 Å². The summed E-state index contributed by atoms with van der Waals surface area (Å²) in [4.78, 5) is 44.7. The lowest BCUT2D eigenvalue weighted by atomic mass is 9.99. The molecule has 2 saturated heterocycles. The Morgan fingerprint density at radius 3 is 2.78 bits per heavy atom. The van der Waals surface area contributed by atoms with Crippen LogP contribution in [0.5, 0.6) is 0 Å². The van der Waals surface area contributed by atoms with Crippen molar-refractivity contribution in [1.29, 1.82) is 0 Å². The minimum Gasteiger partial charge on any atom is -0.340 e. The van der Waals surface area contributed by atoms with Crippen molar-refractivity contribution < 1.29 is 4.79 Å². The summed E-state index contributed by atoms with van der Waals surface area (Å²) >= 11 is 0. The standard InChI is InChI=1S/C16H24N4O3/c1-11-13(15(22)18-16(23)17-11)5-6-14(21)20-9-8-19-7-3-2-4-12(19)10-20/h12H,2-10H2,1H3,(H2,17,18,22,23)/t12-/m0/s1. The minimum atomic E-state index is -0.504. The zero-order valence-electron chi connectivity index (χ0n) is 13.6. The lowest BCUT2D eigenvalue weighted by Crippen LogP contribution is -2.56. The molecule has 3 rings (SSSR count). The van der Waals surface area contributed by atoms with Crippen LogP contribution in [0.1, 0.15) is 36.9 Å². The number of aromatic nitrogens is 2. The van der Waals surface area contributed by atoms with Crippen molar-refractivity contribution >= 4 is 5.91 Å². The number of piperazine rings is 1. The molecule has 2 aliphatic rings. The van der Waals surface area contributed by atoms with E-state index < -0.39 is 11.2 Å². The highest BCUT2D eigenvalue weighted by Crippen LogP contribution is 2.21. The largest absolute Gasteiger partial charge is 0.340 e. The third-order valence-electron chi connectivity index (χ3n) is 5.03. The molecule has 0 unspecified atom stereocenters. The molecule has 2 fully saturated rings. The van der Waals surface area contributed by atoms with Gasteiger partial charge in [0.15, 0.2) is 0 Å². The predicted octanol–water partition coefficient (Wildman–Crippen LogP) is 0.000920. The third kappa shape index (κ3) is 3.55. The molecule has 2 N–H and O–H groups in total. The van der Waals surface area contributed by atoms with Gasteiger partial charge in [0.2, 0.25) is 5.91 Å².